The third-order valence-corrected chi connectivity index (χ3v) is 6.12. The van der Waals surface area contributed by atoms with Gasteiger partial charge in [0.1, 0.15) is 5.75 Å². The van der Waals surface area contributed by atoms with Gasteiger partial charge in [-0.2, -0.15) is 0 Å². The molecule has 0 aliphatic heterocycles. The zero-order valence-corrected chi connectivity index (χ0v) is 18.2. The molecule has 0 amide bonds. The Morgan fingerprint density at radius 2 is 1.26 bits per heavy atom. The fraction of sp³-hybridized carbons (Fsp3) is 0.143. The maximum Gasteiger partial charge on any atom is 0.119 e. The highest BCUT2D eigenvalue weighted by molar-refractivity contribution is 5.69. The van der Waals surface area contributed by atoms with Crippen LogP contribution in [0.1, 0.15) is 29.2 Å². The van der Waals surface area contributed by atoms with E-state index in [4.69, 9.17) is 16.2 Å². The first-order valence-electron chi connectivity index (χ1n) is 10.4. The van der Waals surface area contributed by atoms with Crippen molar-refractivity contribution in [3.8, 4) is 16.9 Å². The molecule has 0 aliphatic carbocycles. The van der Waals surface area contributed by atoms with Crippen molar-refractivity contribution in [3.05, 3.63) is 113 Å². The minimum atomic E-state index is -0.552. The van der Waals surface area contributed by atoms with E-state index in [2.05, 4.69) is 68.4 Å². The predicted molar refractivity (Wildman–Crippen MR) is 130 cm³/mol. The molecule has 4 aromatic rings. The molecule has 0 spiro atoms. The van der Waals surface area contributed by atoms with Crippen molar-refractivity contribution < 1.29 is 4.74 Å². The van der Waals surface area contributed by atoms with Crippen LogP contribution in [0.25, 0.3) is 11.1 Å². The fourth-order valence-corrected chi connectivity index (χ4v) is 4.28. The third kappa shape index (κ3) is 3.75. The van der Waals surface area contributed by atoms with E-state index in [1.165, 1.54) is 11.1 Å². The van der Waals surface area contributed by atoms with Crippen molar-refractivity contribution in [2.45, 2.75) is 19.3 Å². The van der Waals surface area contributed by atoms with E-state index in [0.717, 1.165) is 33.7 Å². The topological polar surface area (TPSA) is 61.3 Å². The Balaban J connectivity index is 1.94. The van der Waals surface area contributed by atoms with Crippen molar-refractivity contribution in [2.24, 2.45) is 0 Å². The van der Waals surface area contributed by atoms with Gasteiger partial charge in [0.05, 0.1) is 7.11 Å². The Bertz CT molecular complexity index is 1200. The van der Waals surface area contributed by atoms with E-state index in [0.29, 0.717) is 5.69 Å². The predicted octanol–water partition coefficient (Wildman–Crippen LogP) is 6.19. The van der Waals surface area contributed by atoms with Crippen LogP contribution in [0.4, 0.5) is 11.4 Å². The zero-order valence-electron chi connectivity index (χ0n) is 18.2. The molecule has 0 saturated heterocycles. The molecule has 3 nitrogen and oxygen atoms in total. The van der Waals surface area contributed by atoms with Gasteiger partial charge in [0, 0.05) is 16.8 Å². The highest BCUT2D eigenvalue weighted by Gasteiger charge is 2.35. The summed E-state index contributed by atoms with van der Waals surface area (Å²) in [5, 5.41) is 0. The van der Waals surface area contributed by atoms with Crippen LogP contribution in [-0.4, -0.2) is 7.11 Å². The summed E-state index contributed by atoms with van der Waals surface area (Å²) in [5.41, 5.74) is 20.5. The quantitative estimate of drug-likeness (QED) is 0.306. The minimum absolute atomic E-state index is 0.552. The van der Waals surface area contributed by atoms with Crippen LogP contribution in [0.5, 0.6) is 5.75 Å². The number of hydrogen-bond acceptors (Lipinski definition) is 3. The summed E-state index contributed by atoms with van der Waals surface area (Å²) in [4.78, 5) is 0. The summed E-state index contributed by atoms with van der Waals surface area (Å²) in [6.45, 7) is 4.26. The summed E-state index contributed by atoms with van der Waals surface area (Å²) in [6.07, 6.45) is 0. The number of nitrogen functional groups attached to an aromatic ring is 2. The summed E-state index contributed by atoms with van der Waals surface area (Å²) >= 11 is 0. The second kappa shape index (κ2) is 8.19. The molecule has 3 heteroatoms. The van der Waals surface area contributed by atoms with Crippen molar-refractivity contribution >= 4 is 11.4 Å². The van der Waals surface area contributed by atoms with Gasteiger partial charge in [-0.15, -0.1) is 0 Å². The Morgan fingerprint density at radius 1 is 0.677 bits per heavy atom. The van der Waals surface area contributed by atoms with Crippen LogP contribution in [-0.2, 0) is 5.41 Å². The van der Waals surface area contributed by atoms with Gasteiger partial charge in [-0.05, 0) is 65.9 Å². The van der Waals surface area contributed by atoms with Gasteiger partial charge in [-0.3, -0.25) is 0 Å². The molecule has 0 radical (unpaired) electrons. The van der Waals surface area contributed by atoms with Gasteiger partial charge in [0.15, 0.2) is 0 Å². The summed E-state index contributed by atoms with van der Waals surface area (Å²) in [7, 11) is 1.67. The van der Waals surface area contributed by atoms with Crippen molar-refractivity contribution in [3.63, 3.8) is 0 Å². The summed E-state index contributed by atoms with van der Waals surface area (Å²) < 4.78 is 5.52. The van der Waals surface area contributed by atoms with E-state index in [9.17, 15) is 0 Å². The normalized spacial score (nSPS) is 12.9. The first-order valence-corrected chi connectivity index (χ1v) is 10.4. The molecule has 0 aromatic heterocycles. The van der Waals surface area contributed by atoms with Gasteiger partial charge in [0.25, 0.3) is 0 Å². The number of anilines is 2. The largest absolute Gasteiger partial charge is 0.497 e. The minimum Gasteiger partial charge on any atom is -0.497 e. The lowest BCUT2D eigenvalue weighted by molar-refractivity contribution is 0.413. The number of aryl methyl sites for hydroxylation is 1. The molecule has 1 unspecified atom stereocenters. The number of ether oxygens (including phenoxy) is 1. The Kier molecular flexibility index (Phi) is 5.43. The smallest absolute Gasteiger partial charge is 0.119 e. The van der Waals surface area contributed by atoms with Gasteiger partial charge in [-0.1, -0.05) is 72.3 Å². The monoisotopic (exact) mass is 408 g/mol. The molecule has 0 saturated carbocycles. The Labute approximate surface area is 184 Å². The summed E-state index contributed by atoms with van der Waals surface area (Å²) in [5.74, 6) is 0.766. The van der Waals surface area contributed by atoms with Crippen LogP contribution in [0, 0.1) is 6.92 Å². The molecular weight excluding hydrogens is 380 g/mol. The van der Waals surface area contributed by atoms with E-state index in [1.54, 1.807) is 7.11 Å². The van der Waals surface area contributed by atoms with E-state index in [-0.39, 0.29) is 0 Å². The number of rotatable bonds is 5. The van der Waals surface area contributed by atoms with Gasteiger partial charge in [0.2, 0.25) is 0 Å². The lowest BCUT2D eigenvalue weighted by atomic mass is 9.69. The second-order valence-electron chi connectivity index (χ2n) is 8.11. The van der Waals surface area contributed by atoms with E-state index >= 15 is 0 Å². The van der Waals surface area contributed by atoms with Crippen LogP contribution in [0.15, 0.2) is 91.0 Å². The fourth-order valence-electron chi connectivity index (χ4n) is 4.28. The van der Waals surface area contributed by atoms with Crippen LogP contribution in [0.3, 0.4) is 0 Å². The number of nitrogens with two attached hydrogens (primary N) is 2. The van der Waals surface area contributed by atoms with Crippen molar-refractivity contribution in [2.75, 3.05) is 18.6 Å². The van der Waals surface area contributed by atoms with Crippen LogP contribution < -0.4 is 16.2 Å². The molecule has 4 rings (SSSR count). The molecule has 156 valence electrons. The Morgan fingerprint density at radius 3 is 1.90 bits per heavy atom. The van der Waals surface area contributed by atoms with Crippen LogP contribution >= 0.6 is 0 Å². The maximum atomic E-state index is 6.52. The molecule has 0 heterocycles. The summed E-state index contributed by atoms with van der Waals surface area (Å²) in [6, 6.07) is 31.0. The van der Waals surface area contributed by atoms with Gasteiger partial charge < -0.3 is 16.2 Å². The van der Waals surface area contributed by atoms with Crippen LogP contribution in [0.2, 0.25) is 0 Å². The Hall–Kier alpha value is -3.72. The highest BCUT2D eigenvalue weighted by Crippen LogP contribution is 2.45. The van der Waals surface area contributed by atoms with Crippen molar-refractivity contribution in [1.82, 2.24) is 0 Å². The first-order chi connectivity index (χ1) is 14.9. The standard InChI is InChI=1S/C28H28N2O/c1-19-9-15-26(29)24(17-19)28(2,25-18-23(31-3)14-16-27(25)30)22-12-10-21(11-13-22)20-7-5-4-6-8-20/h4-18H,29-30H2,1-3H3. The van der Waals surface area contributed by atoms with Gasteiger partial charge >= 0.3 is 0 Å². The lowest BCUT2D eigenvalue weighted by Crippen LogP contribution is -2.28. The molecule has 31 heavy (non-hydrogen) atoms. The third-order valence-electron chi connectivity index (χ3n) is 6.12. The molecule has 0 aliphatic rings. The lowest BCUT2D eigenvalue weighted by Gasteiger charge is -2.34. The maximum absolute atomic E-state index is 6.52. The molecule has 1 atom stereocenters. The second-order valence-corrected chi connectivity index (χ2v) is 8.11. The average Bonchev–Trinajstić information content (AvgIpc) is 2.81. The molecule has 4 aromatic carbocycles. The molecule has 0 bridgehead atoms. The SMILES string of the molecule is COc1ccc(N)c(C(C)(c2ccc(-c3ccccc3)cc2)c2cc(C)ccc2N)c1. The molecule has 0 fully saturated rings. The highest BCUT2D eigenvalue weighted by atomic mass is 16.5. The van der Waals surface area contributed by atoms with Crippen molar-refractivity contribution in [1.29, 1.82) is 0 Å². The van der Waals surface area contributed by atoms with Gasteiger partial charge in [-0.25, -0.2) is 0 Å². The number of benzene rings is 4. The van der Waals surface area contributed by atoms with E-state index < -0.39 is 5.41 Å². The molecular formula is C28H28N2O. The van der Waals surface area contributed by atoms with E-state index in [1.807, 2.05) is 36.4 Å². The zero-order chi connectivity index (χ0) is 22.0. The average molecular weight is 409 g/mol. The molecule has 4 N–H and O–H groups in total. The number of methoxy groups -OCH3 is 1. The number of hydrogen-bond donors (Lipinski definition) is 2. The first kappa shape index (κ1) is 20.5.